The minimum Gasteiger partial charge on any atom is -0.497 e. The summed E-state index contributed by atoms with van der Waals surface area (Å²) in [6.45, 7) is 5.99. The van der Waals surface area contributed by atoms with Crippen LogP contribution < -0.4 is 9.47 Å². The van der Waals surface area contributed by atoms with Gasteiger partial charge in [0, 0.05) is 10.9 Å². The molecule has 0 radical (unpaired) electrons. The Bertz CT molecular complexity index is 1160. The van der Waals surface area contributed by atoms with Gasteiger partial charge in [0.15, 0.2) is 23.2 Å². The molecule has 9 nitrogen and oxygen atoms in total. The molecule has 4 aliphatic rings. The highest BCUT2D eigenvalue weighted by Gasteiger charge is 2.59. The summed E-state index contributed by atoms with van der Waals surface area (Å²) in [4.78, 5) is 28.5. The summed E-state index contributed by atoms with van der Waals surface area (Å²) in [5.74, 6) is 0.153. The summed E-state index contributed by atoms with van der Waals surface area (Å²) in [6.07, 6.45) is 4.83. The Morgan fingerprint density at radius 1 is 1.18 bits per heavy atom. The van der Waals surface area contributed by atoms with Crippen molar-refractivity contribution in [1.82, 2.24) is 4.90 Å². The van der Waals surface area contributed by atoms with E-state index in [4.69, 9.17) is 23.7 Å². The number of benzene rings is 1. The van der Waals surface area contributed by atoms with E-state index in [1.807, 2.05) is 26.0 Å². The van der Waals surface area contributed by atoms with E-state index >= 15 is 0 Å². The van der Waals surface area contributed by atoms with Crippen LogP contribution in [0.1, 0.15) is 69.4 Å². The van der Waals surface area contributed by atoms with Gasteiger partial charge in [-0.1, -0.05) is 29.8 Å². The molecule has 1 saturated heterocycles. The van der Waals surface area contributed by atoms with E-state index in [1.54, 1.807) is 7.11 Å². The number of ether oxygens (including phenoxy) is 5. The van der Waals surface area contributed by atoms with Gasteiger partial charge in [-0.2, -0.15) is 0 Å². The molecule has 4 atom stereocenters. The Hall–Kier alpha value is -2.30. The van der Waals surface area contributed by atoms with Gasteiger partial charge >= 0.3 is 11.9 Å². The molecule has 1 spiro atoms. The van der Waals surface area contributed by atoms with Crippen LogP contribution in [0, 0.1) is 0 Å². The number of esters is 2. The predicted octanol–water partition coefficient (Wildman–Crippen LogP) is 3.98. The van der Waals surface area contributed by atoms with Crippen LogP contribution in [0.25, 0.3) is 0 Å². The van der Waals surface area contributed by atoms with Crippen molar-refractivity contribution in [2.75, 3.05) is 34.1 Å². The van der Waals surface area contributed by atoms with E-state index < -0.39 is 35.6 Å². The van der Waals surface area contributed by atoms with E-state index in [0.29, 0.717) is 24.4 Å². The van der Waals surface area contributed by atoms with E-state index in [9.17, 15) is 14.7 Å². The molecule has 1 fully saturated rings. The van der Waals surface area contributed by atoms with E-state index in [1.165, 1.54) is 7.11 Å². The number of nitrogens with zero attached hydrogens (tertiary/aromatic N) is 1. The zero-order chi connectivity index (χ0) is 28.0. The van der Waals surface area contributed by atoms with Crippen LogP contribution in [0.4, 0.5) is 0 Å². The van der Waals surface area contributed by atoms with Crippen LogP contribution in [0.15, 0.2) is 24.0 Å². The van der Waals surface area contributed by atoms with Crippen molar-refractivity contribution in [3.63, 3.8) is 0 Å². The number of hydrogen-bond acceptors (Lipinski definition) is 9. The maximum Gasteiger partial charge on any atom is 0.339 e. The Labute approximate surface area is 237 Å². The molecule has 3 heterocycles. The van der Waals surface area contributed by atoms with Crippen molar-refractivity contribution in [3.8, 4) is 11.5 Å². The van der Waals surface area contributed by atoms with Gasteiger partial charge in [0.2, 0.25) is 6.79 Å². The van der Waals surface area contributed by atoms with Gasteiger partial charge < -0.3 is 28.8 Å². The average molecular weight is 609 g/mol. The molecule has 3 aliphatic heterocycles. The largest absolute Gasteiger partial charge is 0.497 e. The summed E-state index contributed by atoms with van der Waals surface area (Å²) in [6, 6.07) is 4.05. The van der Waals surface area contributed by atoms with Gasteiger partial charge in [-0.15, -0.1) is 0 Å². The SMILES string of the molecule is COC(=O)C[C@](O)(CCCC(C)(C)Br)C(=O)OC1C(OC)=C[C@]23CCCN2CCc2cc4c(cc2[C@H]13)OCO4. The minimum atomic E-state index is -2.03. The lowest BCUT2D eigenvalue weighted by Gasteiger charge is -2.39. The molecule has 214 valence electrons. The Balaban J connectivity index is 1.50. The van der Waals surface area contributed by atoms with E-state index in [-0.39, 0.29) is 23.5 Å². The van der Waals surface area contributed by atoms with Crippen molar-refractivity contribution in [3.05, 3.63) is 35.1 Å². The molecule has 1 aromatic carbocycles. The van der Waals surface area contributed by atoms with Crippen molar-refractivity contribution in [2.45, 2.75) is 86.3 Å². The monoisotopic (exact) mass is 607 g/mol. The topological polar surface area (TPSA) is 104 Å². The second-order valence-electron chi connectivity index (χ2n) is 11.6. The predicted molar refractivity (Wildman–Crippen MR) is 146 cm³/mol. The van der Waals surface area contributed by atoms with Crippen molar-refractivity contribution in [1.29, 1.82) is 0 Å². The highest BCUT2D eigenvalue weighted by atomic mass is 79.9. The molecule has 0 saturated carbocycles. The van der Waals surface area contributed by atoms with Crippen LogP contribution in [0.2, 0.25) is 0 Å². The molecule has 1 aliphatic carbocycles. The fourth-order valence-electron chi connectivity index (χ4n) is 6.69. The molecule has 39 heavy (non-hydrogen) atoms. The third kappa shape index (κ3) is 5.27. The van der Waals surface area contributed by atoms with Crippen molar-refractivity contribution in [2.24, 2.45) is 0 Å². The Morgan fingerprint density at radius 2 is 1.92 bits per heavy atom. The lowest BCUT2D eigenvalue weighted by molar-refractivity contribution is -0.178. The van der Waals surface area contributed by atoms with Crippen LogP contribution in [-0.2, 0) is 30.2 Å². The average Bonchev–Trinajstić information content (AvgIpc) is 3.56. The molecule has 1 unspecified atom stereocenters. The maximum absolute atomic E-state index is 13.8. The van der Waals surface area contributed by atoms with Crippen LogP contribution >= 0.6 is 15.9 Å². The molecule has 0 aromatic heterocycles. The summed E-state index contributed by atoms with van der Waals surface area (Å²) < 4.78 is 28.1. The molecule has 0 bridgehead atoms. The number of hydrogen-bond donors (Lipinski definition) is 1. The number of halogens is 1. The molecule has 5 rings (SSSR count). The first-order valence-electron chi connectivity index (χ1n) is 13.6. The normalized spacial score (nSPS) is 27.0. The molecular formula is C29H38BrNO8. The summed E-state index contributed by atoms with van der Waals surface area (Å²) in [7, 11) is 2.82. The number of carbonyl (C=O) groups is 2. The molecule has 0 amide bonds. The quantitative estimate of drug-likeness (QED) is 0.330. The number of aliphatic hydroxyl groups is 1. The van der Waals surface area contributed by atoms with Crippen molar-refractivity contribution >= 4 is 27.9 Å². The number of rotatable bonds is 9. The standard InChI is InChI=1S/C29H38BrNO8/c1-27(2,30)8-5-10-29(34,16-23(32)36-4)26(33)39-25-22(35-3)15-28-9-6-11-31(28)12-7-18-13-20-21(38-17-37-20)14-19(18)24(25)28/h13-15,24-25,34H,5-12,16-17H2,1-4H3/t24-,25?,28+,29-/m1/s1. The summed E-state index contributed by atoms with van der Waals surface area (Å²) in [5.41, 5.74) is -0.274. The van der Waals surface area contributed by atoms with Gasteiger partial charge in [-0.3, -0.25) is 9.69 Å². The first kappa shape index (κ1) is 28.2. The molecular weight excluding hydrogens is 570 g/mol. The van der Waals surface area contributed by atoms with E-state index in [2.05, 4.69) is 26.9 Å². The zero-order valence-electron chi connectivity index (χ0n) is 23.1. The fraction of sp³-hybridized carbons (Fsp3) is 0.655. The second-order valence-corrected chi connectivity index (χ2v) is 13.8. The van der Waals surface area contributed by atoms with Crippen LogP contribution in [0.3, 0.4) is 0 Å². The first-order chi connectivity index (χ1) is 18.5. The molecule has 1 aromatic rings. The lowest BCUT2D eigenvalue weighted by Crippen LogP contribution is -2.49. The van der Waals surface area contributed by atoms with E-state index in [0.717, 1.165) is 49.2 Å². The van der Waals surface area contributed by atoms with Gasteiger partial charge in [-0.05, 0) is 74.4 Å². The number of alkyl halides is 1. The Morgan fingerprint density at radius 3 is 2.62 bits per heavy atom. The highest BCUT2D eigenvalue weighted by Crippen LogP contribution is 2.55. The van der Waals surface area contributed by atoms with Crippen molar-refractivity contribution < 1.29 is 38.4 Å². The highest BCUT2D eigenvalue weighted by molar-refractivity contribution is 9.10. The third-order valence-corrected chi connectivity index (χ3v) is 9.00. The fourth-order valence-corrected chi connectivity index (χ4v) is 6.97. The number of methoxy groups -OCH3 is 2. The summed E-state index contributed by atoms with van der Waals surface area (Å²) in [5, 5.41) is 11.6. The number of fused-ring (bicyclic) bond motifs is 3. The lowest BCUT2D eigenvalue weighted by atomic mass is 9.77. The molecule has 1 N–H and O–H groups in total. The zero-order valence-corrected chi connectivity index (χ0v) is 24.7. The smallest absolute Gasteiger partial charge is 0.339 e. The van der Waals surface area contributed by atoms with Gasteiger partial charge in [0.1, 0.15) is 5.76 Å². The second kappa shape index (κ2) is 10.6. The van der Waals surface area contributed by atoms with Crippen LogP contribution in [0.5, 0.6) is 11.5 Å². The van der Waals surface area contributed by atoms with Gasteiger partial charge in [0.05, 0.1) is 32.1 Å². The van der Waals surface area contributed by atoms with Gasteiger partial charge in [0.25, 0.3) is 0 Å². The summed E-state index contributed by atoms with van der Waals surface area (Å²) >= 11 is 3.61. The Kier molecular flexibility index (Phi) is 7.67. The van der Waals surface area contributed by atoms with Crippen LogP contribution in [-0.4, -0.2) is 77.6 Å². The first-order valence-corrected chi connectivity index (χ1v) is 14.4. The third-order valence-electron chi connectivity index (χ3n) is 8.60. The molecule has 10 heteroatoms. The number of carbonyl (C=O) groups excluding carboxylic acids is 2. The van der Waals surface area contributed by atoms with Gasteiger partial charge in [-0.25, -0.2) is 4.79 Å². The minimum absolute atomic E-state index is 0.0614. The maximum atomic E-state index is 13.8.